The predicted octanol–water partition coefficient (Wildman–Crippen LogP) is 0.418. The Morgan fingerprint density at radius 2 is 1.95 bits per heavy atom. The van der Waals surface area contributed by atoms with Crippen LogP contribution in [0.5, 0.6) is 0 Å². The van der Waals surface area contributed by atoms with E-state index in [1.165, 1.54) is 4.90 Å². The van der Waals surface area contributed by atoms with Crippen molar-refractivity contribution in [3.8, 4) is 11.8 Å². The van der Waals surface area contributed by atoms with Gasteiger partial charge in [0.05, 0.1) is 12.2 Å². The van der Waals surface area contributed by atoms with Crippen LogP contribution in [0.2, 0.25) is 0 Å². The Morgan fingerprint density at radius 1 is 1.25 bits per heavy atom. The normalized spacial score (nSPS) is 24.6. The summed E-state index contributed by atoms with van der Waals surface area (Å²) >= 11 is 0. The van der Waals surface area contributed by atoms with E-state index in [9.17, 15) is 9.59 Å². The zero-order chi connectivity index (χ0) is 14.1. The molecule has 2 bridgehead atoms. The van der Waals surface area contributed by atoms with E-state index >= 15 is 0 Å². The topological polar surface area (TPSA) is 72.6 Å². The maximum atomic E-state index is 12.2. The minimum Gasteiger partial charge on any atom is -0.355 e. The fraction of sp³-hybridized carbons (Fsp3) is 0.333. The molecule has 5 heteroatoms. The van der Waals surface area contributed by atoms with Gasteiger partial charge in [0.25, 0.3) is 11.8 Å². The minimum absolute atomic E-state index is 0.268. The number of carbonyl (C=O) groups excluding carboxylic acids is 2. The molecule has 0 spiro atoms. The molecule has 3 rings (SSSR count). The van der Waals surface area contributed by atoms with Gasteiger partial charge in [-0.2, -0.15) is 0 Å². The average Bonchev–Trinajstić information content (AvgIpc) is 2.91. The highest BCUT2D eigenvalue weighted by Crippen LogP contribution is 2.31. The lowest BCUT2D eigenvalue weighted by molar-refractivity contribution is -0.146. The third-order valence-electron chi connectivity index (χ3n) is 3.45. The Hall–Kier alpha value is -2.16. The van der Waals surface area contributed by atoms with Crippen molar-refractivity contribution in [3.05, 3.63) is 29.8 Å². The summed E-state index contributed by atoms with van der Waals surface area (Å²) in [6, 6.07) is 7.04. The second-order valence-electron chi connectivity index (χ2n) is 4.76. The van der Waals surface area contributed by atoms with Gasteiger partial charge >= 0.3 is 0 Å². The molecule has 5 nitrogen and oxygen atoms in total. The quantitative estimate of drug-likeness (QED) is 0.593. The maximum absolute atomic E-state index is 12.2. The molecule has 2 fully saturated rings. The molecular formula is C15H14N2O3. The van der Waals surface area contributed by atoms with Gasteiger partial charge in [-0.25, -0.2) is 4.90 Å². The second kappa shape index (κ2) is 5.08. The standard InChI is InChI=1S/C15H14N2O3/c16-8-2-4-10-3-1-5-11(9-10)17-14(18)12-6-7-13(20-12)15(17)19/h1,3,5,9,12-13H,6-8,16H2. The lowest BCUT2D eigenvalue weighted by Crippen LogP contribution is -2.52. The van der Waals surface area contributed by atoms with Crippen LogP contribution < -0.4 is 10.6 Å². The van der Waals surface area contributed by atoms with Crippen molar-refractivity contribution in [2.75, 3.05) is 11.4 Å². The molecule has 2 saturated heterocycles. The number of ether oxygens (including phenoxy) is 1. The summed E-state index contributed by atoms with van der Waals surface area (Å²) in [5.41, 5.74) is 6.61. The Kier molecular flexibility index (Phi) is 3.26. The van der Waals surface area contributed by atoms with Gasteiger partial charge < -0.3 is 10.5 Å². The Labute approximate surface area is 116 Å². The number of nitrogens with two attached hydrogens (primary N) is 1. The molecule has 2 atom stereocenters. The van der Waals surface area contributed by atoms with E-state index in [-0.39, 0.29) is 18.4 Å². The monoisotopic (exact) mass is 270 g/mol. The van der Waals surface area contributed by atoms with Gasteiger partial charge in [0.1, 0.15) is 12.2 Å². The molecule has 0 aliphatic carbocycles. The first-order valence-corrected chi connectivity index (χ1v) is 6.53. The Balaban J connectivity index is 1.95. The number of hydrogen-bond acceptors (Lipinski definition) is 4. The molecule has 102 valence electrons. The summed E-state index contributed by atoms with van der Waals surface area (Å²) in [6.45, 7) is 0.268. The SMILES string of the molecule is NCC#Cc1cccc(N2C(=O)C3CCC(O3)C2=O)c1. The number of amides is 2. The number of fused-ring (bicyclic) bond motifs is 2. The van der Waals surface area contributed by atoms with Crippen molar-refractivity contribution < 1.29 is 14.3 Å². The fourth-order valence-corrected chi connectivity index (χ4v) is 2.53. The summed E-state index contributed by atoms with van der Waals surface area (Å²) in [5.74, 6) is 5.08. The molecular weight excluding hydrogens is 256 g/mol. The summed E-state index contributed by atoms with van der Waals surface area (Å²) < 4.78 is 5.38. The summed E-state index contributed by atoms with van der Waals surface area (Å²) in [6.07, 6.45) is 0.240. The summed E-state index contributed by atoms with van der Waals surface area (Å²) in [5, 5.41) is 0. The van der Waals surface area contributed by atoms with Gasteiger partial charge in [-0.1, -0.05) is 17.9 Å². The van der Waals surface area contributed by atoms with Gasteiger partial charge in [0.2, 0.25) is 0 Å². The van der Waals surface area contributed by atoms with Gasteiger partial charge in [-0.3, -0.25) is 9.59 Å². The molecule has 0 radical (unpaired) electrons. The summed E-state index contributed by atoms with van der Waals surface area (Å²) in [7, 11) is 0. The largest absolute Gasteiger partial charge is 0.355 e. The van der Waals surface area contributed by atoms with Crippen LogP contribution in [0.4, 0.5) is 5.69 Å². The zero-order valence-corrected chi connectivity index (χ0v) is 10.8. The van der Waals surface area contributed by atoms with Gasteiger partial charge in [0.15, 0.2) is 0 Å². The van der Waals surface area contributed by atoms with Gasteiger partial charge in [-0.15, -0.1) is 0 Å². The molecule has 2 heterocycles. The molecule has 2 amide bonds. The first kappa shape index (κ1) is 12.9. The molecule has 20 heavy (non-hydrogen) atoms. The van der Waals surface area contributed by atoms with Crippen molar-refractivity contribution in [1.29, 1.82) is 0 Å². The van der Waals surface area contributed by atoms with E-state index in [2.05, 4.69) is 11.8 Å². The van der Waals surface area contributed by atoms with Crippen LogP contribution in [0.1, 0.15) is 18.4 Å². The number of anilines is 1. The van der Waals surface area contributed by atoms with Crippen LogP contribution in [0.15, 0.2) is 24.3 Å². The molecule has 2 aliphatic heterocycles. The van der Waals surface area contributed by atoms with Crippen molar-refractivity contribution in [3.63, 3.8) is 0 Å². The van der Waals surface area contributed by atoms with Crippen LogP contribution in [-0.4, -0.2) is 30.6 Å². The van der Waals surface area contributed by atoms with Crippen molar-refractivity contribution in [1.82, 2.24) is 0 Å². The van der Waals surface area contributed by atoms with E-state index in [0.717, 1.165) is 5.56 Å². The highest BCUT2D eigenvalue weighted by atomic mass is 16.5. The maximum Gasteiger partial charge on any atom is 0.262 e. The van der Waals surface area contributed by atoms with Crippen molar-refractivity contribution in [2.45, 2.75) is 25.0 Å². The van der Waals surface area contributed by atoms with Crippen LogP contribution in [-0.2, 0) is 14.3 Å². The van der Waals surface area contributed by atoms with E-state index in [1.54, 1.807) is 18.2 Å². The minimum atomic E-state index is -0.489. The van der Waals surface area contributed by atoms with Crippen LogP contribution in [0, 0.1) is 11.8 Å². The van der Waals surface area contributed by atoms with Crippen LogP contribution >= 0.6 is 0 Å². The molecule has 0 saturated carbocycles. The lowest BCUT2D eigenvalue weighted by atomic mass is 10.1. The number of benzene rings is 1. The predicted molar refractivity (Wildman–Crippen MR) is 72.8 cm³/mol. The van der Waals surface area contributed by atoms with E-state index in [1.807, 2.05) is 6.07 Å². The van der Waals surface area contributed by atoms with E-state index < -0.39 is 12.2 Å². The highest BCUT2D eigenvalue weighted by Gasteiger charge is 2.47. The fourth-order valence-electron chi connectivity index (χ4n) is 2.53. The Morgan fingerprint density at radius 3 is 2.60 bits per heavy atom. The summed E-state index contributed by atoms with van der Waals surface area (Å²) in [4.78, 5) is 25.7. The zero-order valence-electron chi connectivity index (χ0n) is 10.8. The number of morpholine rings is 1. The van der Waals surface area contributed by atoms with Gasteiger partial charge in [0, 0.05) is 5.56 Å². The average molecular weight is 270 g/mol. The number of nitrogens with zero attached hydrogens (tertiary/aromatic N) is 1. The molecule has 0 aromatic heterocycles. The first-order valence-electron chi connectivity index (χ1n) is 6.53. The molecule has 1 aromatic rings. The number of carbonyl (C=O) groups is 2. The van der Waals surface area contributed by atoms with E-state index in [0.29, 0.717) is 18.5 Å². The highest BCUT2D eigenvalue weighted by molar-refractivity contribution is 6.19. The number of imide groups is 1. The number of rotatable bonds is 1. The molecule has 2 N–H and O–H groups in total. The molecule has 2 aliphatic rings. The van der Waals surface area contributed by atoms with Crippen LogP contribution in [0.3, 0.4) is 0 Å². The van der Waals surface area contributed by atoms with E-state index in [4.69, 9.17) is 10.5 Å². The lowest BCUT2D eigenvalue weighted by Gasteiger charge is -2.29. The smallest absolute Gasteiger partial charge is 0.262 e. The third-order valence-corrected chi connectivity index (χ3v) is 3.45. The Bertz CT molecular complexity index is 607. The van der Waals surface area contributed by atoms with Crippen molar-refractivity contribution >= 4 is 17.5 Å². The third kappa shape index (κ3) is 2.09. The van der Waals surface area contributed by atoms with Crippen molar-refractivity contribution in [2.24, 2.45) is 5.73 Å². The molecule has 2 unspecified atom stereocenters. The first-order chi connectivity index (χ1) is 9.70. The van der Waals surface area contributed by atoms with Crippen LogP contribution in [0.25, 0.3) is 0 Å². The van der Waals surface area contributed by atoms with Gasteiger partial charge in [-0.05, 0) is 31.0 Å². The molecule has 1 aromatic carbocycles. The second-order valence-corrected chi connectivity index (χ2v) is 4.76. The number of hydrogen-bond donors (Lipinski definition) is 1.